The molecule has 290 valence electrons. The molecule has 0 N–H and O–H groups in total. The Labute approximate surface area is 360 Å². The van der Waals surface area contributed by atoms with Crippen LogP contribution in [0.15, 0.2) is 243 Å². The van der Waals surface area contributed by atoms with Gasteiger partial charge in [-0.25, -0.2) is 0 Å². The first-order valence-corrected chi connectivity index (χ1v) is 21.4. The van der Waals surface area contributed by atoms with Crippen molar-refractivity contribution in [3.05, 3.63) is 243 Å². The SMILES string of the molecule is c1ccc(-c2c3ccccc3c(-c3ccccc3)c3cc(-c4ccc(N(c5ccccc5)c5ccc6c(c5)c5ccccc5n6-c5ccccc5)c5ccccc45)ccc23)cc1. The Morgan fingerprint density at radius 3 is 1.47 bits per heavy atom. The maximum absolute atomic E-state index is 2.43. The molecule has 0 radical (unpaired) electrons. The number of para-hydroxylation sites is 3. The van der Waals surface area contributed by atoms with Gasteiger partial charge in [-0.05, 0) is 121 Å². The van der Waals surface area contributed by atoms with E-state index in [1.807, 2.05) is 0 Å². The van der Waals surface area contributed by atoms with Crippen LogP contribution < -0.4 is 4.90 Å². The summed E-state index contributed by atoms with van der Waals surface area (Å²) in [5, 5.41) is 9.85. The summed E-state index contributed by atoms with van der Waals surface area (Å²) in [5.41, 5.74) is 14.2. The second kappa shape index (κ2) is 14.8. The van der Waals surface area contributed by atoms with Crippen LogP contribution in [0.4, 0.5) is 17.1 Å². The van der Waals surface area contributed by atoms with Crippen LogP contribution in [0.1, 0.15) is 0 Å². The van der Waals surface area contributed by atoms with Gasteiger partial charge in [0.1, 0.15) is 0 Å². The summed E-state index contributed by atoms with van der Waals surface area (Å²) < 4.78 is 2.38. The number of anilines is 3. The highest BCUT2D eigenvalue weighted by atomic mass is 15.1. The minimum absolute atomic E-state index is 1.11. The highest BCUT2D eigenvalue weighted by molar-refractivity contribution is 6.22. The number of benzene rings is 11. The zero-order chi connectivity index (χ0) is 41.0. The van der Waals surface area contributed by atoms with E-state index < -0.39 is 0 Å². The number of hydrogen-bond acceptors (Lipinski definition) is 1. The van der Waals surface area contributed by atoms with E-state index in [0.29, 0.717) is 0 Å². The molecule has 1 heterocycles. The molecule has 62 heavy (non-hydrogen) atoms. The van der Waals surface area contributed by atoms with Gasteiger partial charge in [-0.15, -0.1) is 0 Å². The molecule has 0 saturated carbocycles. The van der Waals surface area contributed by atoms with E-state index in [2.05, 4.69) is 252 Å². The molecule has 1 aromatic heterocycles. The van der Waals surface area contributed by atoms with E-state index >= 15 is 0 Å². The molecule has 0 amide bonds. The highest BCUT2D eigenvalue weighted by Crippen LogP contribution is 2.47. The van der Waals surface area contributed by atoms with E-state index in [4.69, 9.17) is 0 Å². The molecule has 0 saturated heterocycles. The Morgan fingerprint density at radius 1 is 0.274 bits per heavy atom. The van der Waals surface area contributed by atoms with Crippen molar-refractivity contribution in [2.75, 3.05) is 4.90 Å². The summed E-state index contributed by atoms with van der Waals surface area (Å²) in [7, 11) is 0. The summed E-state index contributed by atoms with van der Waals surface area (Å²) in [6.07, 6.45) is 0. The third-order valence-corrected chi connectivity index (χ3v) is 12.5. The molecular formula is C60H40N2. The fourth-order valence-electron chi connectivity index (χ4n) is 9.87. The topological polar surface area (TPSA) is 8.17 Å². The first kappa shape index (κ1) is 35.7. The first-order chi connectivity index (χ1) is 30.8. The van der Waals surface area contributed by atoms with Crippen LogP contribution in [0.5, 0.6) is 0 Å². The van der Waals surface area contributed by atoms with Gasteiger partial charge in [0.05, 0.1) is 16.7 Å². The molecule has 0 fully saturated rings. The quantitative estimate of drug-likeness (QED) is 0.146. The molecule has 2 nitrogen and oxygen atoms in total. The fraction of sp³-hybridized carbons (Fsp3) is 0. The average Bonchev–Trinajstić information content (AvgIpc) is 3.68. The fourth-order valence-corrected chi connectivity index (χ4v) is 9.87. The third-order valence-electron chi connectivity index (χ3n) is 12.5. The van der Waals surface area contributed by atoms with Gasteiger partial charge in [-0.2, -0.15) is 0 Å². The Kier molecular flexibility index (Phi) is 8.53. The lowest BCUT2D eigenvalue weighted by atomic mass is 9.84. The van der Waals surface area contributed by atoms with E-state index in [1.54, 1.807) is 0 Å². The Bertz CT molecular complexity index is 3610. The zero-order valence-corrected chi connectivity index (χ0v) is 34.0. The van der Waals surface area contributed by atoms with Gasteiger partial charge in [0.25, 0.3) is 0 Å². The Balaban J connectivity index is 1.08. The van der Waals surface area contributed by atoms with Gasteiger partial charge in [-0.1, -0.05) is 182 Å². The van der Waals surface area contributed by atoms with Gasteiger partial charge < -0.3 is 9.47 Å². The van der Waals surface area contributed by atoms with Crippen molar-refractivity contribution in [1.29, 1.82) is 0 Å². The minimum atomic E-state index is 1.11. The van der Waals surface area contributed by atoms with Crippen LogP contribution in [-0.2, 0) is 0 Å². The van der Waals surface area contributed by atoms with Gasteiger partial charge in [0, 0.05) is 33.2 Å². The number of rotatable bonds is 7. The Morgan fingerprint density at radius 2 is 0.790 bits per heavy atom. The van der Waals surface area contributed by atoms with Crippen LogP contribution >= 0.6 is 0 Å². The van der Waals surface area contributed by atoms with Crippen LogP contribution in [0.3, 0.4) is 0 Å². The molecule has 0 spiro atoms. The van der Waals surface area contributed by atoms with Gasteiger partial charge in [0.2, 0.25) is 0 Å². The summed E-state index contributed by atoms with van der Waals surface area (Å²) in [5.74, 6) is 0. The van der Waals surface area contributed by atoms with Crippen LogP contribution in [0, 0.1) is 0 Å². The molecule has 0 aliphatic heterocycles. The van der Waals surface area contributed by atoms with Crippen LogP contribution in [0.25, 0.3) is 93.2 Å². The molecule has 12 aromatic rings. The molecule has 0 bridgehead atoms. The lowest BCUT2D eigenvalue weighted by Crippen LogP contribution is -2.10. The normalized spacial score (nSPS) is 11.5. The minimum Gasteiger partial charge on any atom is -0.310 e. The van der Waals surface area contributed by atoms with Crippen molar-refractivity contribution in [2.45, 2.75) is 0 Å². The molecule has 11 aromatic carbocycles. The van der Waals surface area contributed by atoms with Crippen LogP contribution in [-0.4, -0.2) is 4.57 Å². The second-order valence-corrected chi connectivity index (χ2v) is 16.0. The molecule has 0 aliphatic rings. The van der Waals surface area contributed by atoms with Crippen molar-refractivity contribution in [3.63, 3.8) is 0 Å². The van der Waals surface area contributed by atoms with E-state index in [0.717, 1.165) is 22.7 Å². The smallest absolute Gasteiger partial charge is 0.0542 e. The monoisotopic (exact) mass is 788 g/mol. The highest BCUT2D eigenvalue weighted by Gasteiger charge is 2.22. The molecule has 2 heteroatoms. The van der Waals surface area contributed by atoms with Crippen molar-refractivity contribution in [2.24, 2.45) is 0 Å². The lowest BCUT2D eigenvalue weighted by Gasteiger charge is -2.28. The van der Waals surface area contributed by atoms with Crippen molar-refractivity contribution in [3.8, 4) is 39.1 Å². The Hall–Kier alpha value is -8.20. The molecule has 12 rings (SSSR count). The lowest BCUT2D eigenvalue weighted by molar-refractivity contribution is 1.18. The largest absolute Gasteiger partial charge is 0.310 e. The summed E-state index contributed by atoms with van der Waals surface area (Å²) in [4.78, 5) is 2.42. The predicted octanol–water partition coefficient (Wildman–Crippen LogP) is 16.7. The maximum Gasteiger partial charge on any atom is 0.0542 e. The van der Waals surface area contributed by atoms with E-state index in [1.165, 1.54) is 87.5 Å². The number of fused-ring (bicyclic) bond motifs is 6. The van der Waals surface area contributed by atoms with E-state index in [9.17, 15) is 0 Å². The number of aromatic nitrogens is 1. The third kappa shape index (κ3) is 5.80. The molecule has 0 atom stereocenters. The van der Waals surface area contributed by atoms with Crippen LogP contribution in [0.2, 0.25) is 0 Å². The van der Waals surface area contributed by atoms with Crippen molar-refractivity contribution >= 4 is 71.2 Å². The van der Waals surface area contributed by atoms with Gasteiger partial charge in [-0.3, -0.25) is 0 Å². The number of hydrogen-bond donors (Lipinski definition) is 0. The maximum atomic E-state index is 2.43. The second-order valence-electron chi connectivity index (χ2n) is 16.0. The predicted molar refractivity (Wildman–Crippen MR) is 264 cm³/mol. The summed E-state index contributed by atoms with van der Waals surface area (Å²) in [6, 6.07) is 88.4. The molecule has 0 aliphatic carbocycles. The van der Waals surface area contributed by atoms with Gasteiger partial charge >= 0.3 is 0 Å². The standard InChI is InChI=1S/C60H40N2/c1-5-19-41(20-6-1)59-51-30-15-16-31-52(51)60(42-21-7-2-8-22-42)55-39-43(33-35-53(55)59)47-36-38-57(49-28-14-13-27-48(47)49)61(44-23-9-3-10-24-44)46-34-37-58-54(40-46)50-29-17-18-32-56(50)62(58)45-25-11-4-12-26-45/h1-40H. The summed E-state index contributed by atoms with van der Waals surface area (Å²) in [6.45, 7) is 0. The number of nitrogens with zero attached hydrogens (tertiary/aromatic N) is 2. The zero-order valence-electron chi connectivity index (χ0n) is 34.0. The van der Waals surface area contributed by atoms with Crippen molar-refractivity contribution in [1.82, 2.24) is 4.57 Å². The van der Waals surface area contributed by atoms with Gasteiger partial charge in [0.15, 0.2) is 0 Å². The molecule has 0 unspecified atom stereocenters. The summed E-state index contributed by atoms with van der Waals surface area (Å²) >= 11 is 0. The van der Waals surface area contributed by atoms with E-state index in [-0.39, 0.29) is 0 Å². The average molecular weight is 789 g/mol. The first-order valence-electron chi connectivity index (χ1n) is 21.4. The van der Waals surface area contributed by atoms with Crippen molar-refractivity contribution < 1.29 is 0 Å². The molecular weight excluding hydrogens is 749 g/mol.